The second kappa shape index (κ2) is 9.75. The van der Waals surface area contributed by atoms with Gasteiger partial charge in [0.1, 0.15) is 21.3 Å². The van der Waals surface area contributed by atoms with E-state index in [1.165, 1.54) is 17.5 Å². The van der Waals surface area contributed by atoms with Gasteiger partial charge in [-0.2, -0.15) is 0 Å². The van der Waals surface area contributed by atoms with Gasteiger partial charge in [-0.1, -0.05) is 41.7 Å². The summed E-state index contributed by atoms with van der Waals surface area (Å²) in [6.07, 6.45) is 1.15. The van der Waals surface area contributed by atoms with E-state index in [0.717, 1.165) is 10.6 Å². The molecule has 2 amide bonds. The van der Waals surface area contributed by atoms with E-state index >= 15 is 0 Å². The molecule has 0 unspecified atom stereocenters. The quantitative estimate of drug-likeness (QED) is 0.285. The van der Waals surface area contributed by atoms with Crippen LogP contribution in [-0.2, 0) is 16.1 Å². The number of ether oxygens (including phenoxy) is 1. The van der Waals surface area contributed by atoms with Gasteiger partial charge in [-0.05, 0) is 20.8 Å². The molecule has 0 aliphatic carbocycles. The molecule has 10 nitrogen and oxygen atoms in total. The highest BCUT2D eigenvalue weighted by atomic mass is 32.1. The van der Waals surface area contributed by atoms with Crippen LogP contribution in [0.15, 0.2) is 42.2 Å². The lowest BCUT2D eigenvalue weighted by atomic mass is 10.1. The van der Waals surface area contributed by atoms with Crippen molar-refractivity contribution in [2.45, 2.75) is 39.0 Å². The van der Waals surface area contributed by atoms with Gasteiger partial charge in [0.2, 0.25) is 0 Å². The maximum atomic E-state index is 12.4. The van der Waals surface area contributed by atoms with Gasteiger partial charge in [0.15, 0.2) is 0 Å². The van der Waals surface area contributed by atoms with Gasteiger partial charge in [0, 0.05) is 26.3 Å². The van der Waals surface area contributed by atoms with Gasteiger partial charge in [-0.3, -0.25) is 10.6 Å². The lowest BCUT2D eigenvalue weighted by molar-refractivity contribution is -0.118. The molecule has 11 heteroatoms. The van der Waals surface area contributed by atoms with E-state index in [0.29, 0.717) is 18.1 Å². The lowest BCUT2D eigenvalue weighted by Crippen LogP contribution is -2.59. The van der Waals surface area contributed by atoms with Crippen LogP contribution < -0.4 is 21.9 Å². The molecule has 0 saturated carbocycles. The van der Waals surface area contributed by atoms with Crippen LogP contribution in [0.5, 0.6) is 0 Å². The first-order valence-electron chi connectivity index (χ1n) is 9.82. The molecule has 1 aromatic heterocycles. The maximum absolute atomic E-state index is 12.4. The fourth-order valence-electron chi connectivity index (χ4n) is 2.71. The number of rotatable bonds is 7. The third-order valence-electron chi connectivity index (χ3n) is 4.28. The smallest absolute Gasteiger partial charge is 0.410 e. The number of nitrogens with two attached hydrogens (primary N) is 1. The minimum atomic E-state index is -0.529. The van der Waals surface area contributed by atoms with E-state index in [1.807, 2.05) is 51.1 Å². The van der Waals surface area contributed by atoms with Crippen molar-refractivity contribution >= 4 is 23.3 Å². The standard InChI is InChI=1S/C20H27N7O3S.H2/c1-20(2,3)30-19(29)27-11-14(12-27)22-9-15(24-21)17(28)23-10-16-25-26-18(31-16)13-7-5-4-6-8-13;/h4-9,14,22,24H,10-12,21H2,1-3H3,(H,23,28);1H/b15-9-;. The minimum Gasteiger partial charge on any atom is -0.444 e. The Bertz CT molecular complexity index is 940. The number of benzene rings is 1. The molecule has 5 N–H and O–H groups in total. The predicted octanol–water partition coefficient (Wildman–Crippen LogP) is 1.58. The molecule has 2 heterocycles. The fraction of sp³-hybridized carbons (Fsp3) is 0.400. The van der Waals surface area contributed by atoms with Crippen LogP contribution >= 0.6 is 11.3 Å². The summed E-state index contributed by atoms with van der Waals surface area (Å²) in [5.41, 5.74) is 3.01. The van der Waals surface area contributed by atoms with Crippen molar-refractivity contribution in [2.24, 2.45) is 5.84 Å². The third-order valence-corrected chi connectivity index (χ3v) is 5.26. The molecular formula is C20H29N7O3S. The van der Waals surface area contributed by atoms with Crippen LogP contribution in [-0.4, -0.2) is 51.8 Å². The van der Waals surface area contributed by atoms with Gasteiger partial charge < -0.3 is 25.7 Å². The highest BCUT2D eigenvalue weighted by Crippen LogP contribution is 2.22. The molecule has 0 radical (unpaired) electrons. The average Bonchev–Trinajstić information content (AvgIpc) is 3.16. The van der Waals surface area contributed by atoms with E-state index < -0.39 is 5.60 Å². The Morgan fingerprint density at radius 2 is 2.00 bits per heavy atom. The Morgan fingerprint density at radius 1 is 1.29 bits per heavy atom. The molecule has 31 heavy (non-hydrogen) atoms. The molecule has 1 fully saturated rings. The minimum absolute atomic E-state index is 0. The Balaban J connectivity index is 0.00000363. The topological polar surface area (TPSA) is 134 Å². The first kappa shape index (κ1) is 22.5. The van der Waals surface area contributed by atoms with Crippen LogP contribution in [0.1, 0.15) is 27.2 Å². The van der Waals surface area contributed by atoms with Crippen LogP contribution in [0, 0.1) is 0 Å². The summed E-state index contributed by atoms with van der Waals surface area (Å²) in [5.74, 6) is 5.10. The van der Waals surface area contributed by atoms with Gasteiger partial charge in [-0.15, -0.1) is 10.2 Å². The zero-order valence-corrected chi connectivity index (χ0v) is 18.5. The number of hydrogen-bond donors (Lipinski definition) is 4. The molecule has 1 aromatic carbocycles. The van der Waals surface area contributed by atoms with Gasteiger partial charge in [-0.25, -0.2) is 4.79 Å². The largest absolute Gasteiger partial charge is 0.444 e. The Hall–Kier alpha value is -3.18. The van der Waals surface area contributed by atoms with Crippen molar-refractivity contribution in [3.63, 3.8) is 0 Å². The number of amides is 2. The molecule has 0 bridgehead atoms. The molecule has 1 saturated heterocycles. The molecule has 168 valence electrons. The number of carbonyl (C=O) groups is 2. The number of likely N-dealkylation sites (tertiary alicyclic amines) is 1. The first-order chi connectivity index (χ1) is 14.7. The normalized spacial score (nSPS) is 14.6. The Labute approximate surface area is 186 Å². The summed E-state index contributed by atoms with van der Waals surface area (Å²) in [7, 11) is 0. The van der Waals surface area contributed by atoms with E-state index in [2.05, 4.69) is 26.3 Å². The Kier molecular flexibility index (Phi) is 7.08. The van der Waals surface area contributed by atoms with E-state index in [4.69, 9.17) is 10.6 Å². The third kappa shape index (κ3) is 6.40. The number of nitrogens with one attached hydrogen (secondary N) is 3. The highest BCUT2D eigenvalue weighted by Gasteiger charge is 2.33. The molecule has 1 aliphatic heterocycles. The number of aromatic nitrogens is 2. The van der Waals surface area contributed by atoms with Crippen molar-refractivity contribution in [1.82, 2.24) is 31.2 Å². The van der Waals surface area contributed by atoms with E-state index in [-0.39, 0.29) is 31.7 Å². The zero-order chi connectivity index (χ0) is 22.4. The second-order valence-electron chi connectivity index (χ2n) is 8.00. The molecular weight excluding hydrogens is 418 g/mol. The van der Waals surface area contributed by atoms with Crippen molar-refractivity contribution < 1.29 is 15.8 Å². The maximum Gasteiger partial charge on any atom is 0.410 e. The van der Waals surface area contributed by atoms with E-state index in [1.54, 1.807) is 4.90 Å². The number of hydrazine groups is 1. The summed E-state index contributed by atoms with van der Waals surface area (Å²) in [6.45, 7) is 6.68. The summed E-state index contributed by atoms with van der Waals surface area (Å²) < 4.78 is 5.32. The summed E-state index contributed by atoms with van der Waals surface area (Å²) >= 11 is 1.41. The summed E-state index contributed by atoms with van der Waals surface area (Å²) in [6, 6.07) is 9.73. The summed E-state index contributed by atoms with van der Waals surface area (Å²) in [5, 5.41) is 15.6. The van der Waals surface area contributed by atoms with Crippen molar-refractivity contribution in [1.29, 1.82) is 0 Å². The van der Waals surface area contributed by atoms with Crippen LogP contribution in [0.2, 0.25) is 0 Å². The molecule has 0 spiro atoms. The summed E-state index contributed by atoms with van der Waals surface area (Å²) in [4.78, 5) is 25.9. The SMILES string of the molecule is CC(C)(C)OC(=O)N1CC(N/C=C(\NN)C(=O)NCc2nnc(-c3ccccc3)s2)C1.[HH]. The van der Waals surface area contributed by atoms with Crippen molar-refractivity contribution in [2.75, 3.05) is 13.1 Å². The van der Waals surface area contributed by atoms with Gasteiger partial charge in [0.25, 0.3) is 5.91 Å². The number of hydrogen-bond acceptors (Lipinski definition) is 9. The van der Waals surface area contributed by atoms with Gasteiger partial charge in [0.05, 0.1) is 12.6 Å². The van der Waals surface area contributed by atoms with Crippen LogP contribution in [0.3, 0.4) is 0 Å². The van der Waals surface area contributed by atoms with Gasteiger partial charge >= 0.3 is 6.09 Å². The Morgan fingerprint density at radius 3 is 2.65 bits per heavy atom. The van der Waals surface area contributed by atoms with Crippen molar-refractivity contribution in [3.05, 3.63) is 47.2 Å². The average molecular weight is 448 g/mol. The fourth-order valence-corrected chi connectivity index (χ4v) is 3.49. The zero-order valence-electron chi connectivity index (χ0n) is 17.7. The highest BCUT2D eigenvalue weighted by molar-refractivity contribution is 7.14. The monoisotopic (exact) mass is 447 g/mol. The molecule has 0 atom stereocenters. The molecule has 2 aromatic rings. The molecule has 3 rings (SSSR count). The molecule has 1 aliphatic rings. The predicted molar refractivity (Wildman–Crippen MR) is 119 cm³/mol. The van der Waals surface area contributed by atoms with Crippen LogP contribution in [0.4, 0.5) is 4.79 Å². The number of nitrogens with zero attached hydrogens (tertiary/aromatic N) is 3. The number of carbonyl (C=O) groups excluding carboxylic acids is 2. The van der Waals surface area contributed by atoms with Crippen molar-refractivity contribution in [3.8, 4) is 10.6 Å². The second-order valence-corrected chi connectivity index (χ2v) is 9.06. The first-order valence-corrected chi connectivity index (χ1v) is 10.6. The van der Waals surface area contributed by atoms with E-state index in [9.17, 15) is 9.59 Å². The van der Waals surface area contributed by atoms with Crippen LogP contribution in [0.25, 0.3) is 10.6 Å². The lowest BCUT2D eigenvalue weighted by Gasteiger charge is -2.39.